The maximum atomic E-state index is 11.6. The summed E-state index contributed by atoms with van der Waals surface area (Å²) < 4.78 is 9.88. The molecule has 0 aliphatic heterocycles. The second-order valence-corrected chi connectivity index (χ2v) is 4.90. The summed E-state index contributed by atoms with van der Waals surface area (Å²) >= 11 is 0. The van der Waals surface area contributed by atoms with E-state index in [1.165, 1.54) is 24.0 Å². The van der Waals surface area contributed by atoms with Crippen LogP contribution in [-0.4, -0.2) is 25.0 Å². The molecule has 0 aliphatic rings. The predicted molar refractivity (Wildman–Crippen MR) is 86.5 cm³/mol. The Morgan fingerprint density at radius 2 is 1.96 bits per heavy atom. The van der Waals surface area contributed by atoms with Gasteiger partial charge in [0.05, 0.1) is 6.26 Å². The Morgan fingerprint density at radius 1 is 1.13 bits per heavy atom. The van der Waals surface area contributed by atoms with E-state index in [-0.39, 0.29) is 12.5 Å². The number of aryl methyl sites for hydroxylation is 1. The zero-order chi connectivity index (χ0) is 16.3. The fourth-order valence-electron chi connectivity index (χ4n) is 1.94. The summed E-state index contributed by atoms with van der Waals surface area (Å²) in [6.45, 7) is 0.264. The molecule has 0 bridgehead atoms. The van der Waals surface area contributed by atoms with Crippen LogP contribution < -0.4 is 5.32 Å². The summed E-state index contributed by atoms with van der Waals surface area (Å²) in [7, 11) is 0. The third kappa shape index (κ3) is 6.65. The molecule has 1 N–H and O–H groups in total. The Hall–Kier alpha value is -2.82. The number of ether oxygens (including phenoxy) is 1. The maximum Gasteiger partial charge on any atom is 0.331 e. The number of amides is 1. The Balaban J connectivity index is 1.57. The van der Waals surface area contributed by atoms with Crippen molar-refractivity contribution in [1.82, 2.24) is 5.32 Å². The number of carbonyl (C=O) groups excluding carboxylic acids is 2. The number of rotatable bonds is 8. The van der Waals surface area contributed by atoms with Crippen LogP contribution in [0.4, 0.5) is 0 Å². The summed E-state index contributed by atoms with van der Waals surface area (Å²) in [5.74, 6) is -0.342. The summed E-state index contributed by atoms with van der Waals surface area (Å²) in [6, 6.07) is 13.5. The van der Waals surface area contributed by atoms with Crippen LogP contribution in [0.1, 0.15) is 17.7 Å². The summed E-state index contributed by atoms with van der Waals surface area (Å²) in [4.78, 5) is 23.0. The molecule has 2 aromatic rings. The van der Waals surface area contributed by atoms with Crippen molar-refractivity contribution in [2.45, 2.75) is 12.8 Å². The third-order valence-corrected chi connectivity index (χ3v) is 3.08. The van der Waals surface area contributed by atoms with Crippen molar-refractivity contribution < 1.29 is 18.7 Å². The molecule has 1 amide bonds. The first-order valence-electron chi connectivity index (χ1n) is 7.43. The van der Waals surface area contributed by atoms with Gasteiger partial charge in [-0.05, 0) is 36.6 Å². The van der Waals surface area contributed by atoms with Crippen molar-refractivity contribution in [2.75, 3.05) is 13.2 Å². The minimum atomic E-state index is -0.583. The number of carbonyl (C=O) groups is 2. The van der Waals surface area contributed by atoms with E-state index < -0.39 is 5.97 Å². The minimum Gasteiger partial charge on any atom is -0.465 e. The van der Waals surface area contributed by atoms with Crippen LogP contribution >= 0.6 is 0 Å². The molecule has 5 nitrogen and oxygen atoms in total. The van der Waals surface area contributed by atoms with Crippen molar-refractivity contribution in [3.05, 3.63) is 66.1 Å². The number of hydrogen-bond donors (Lipinski definition) is 1. The topological polar surface area (TPSA) is 68.5 Å². The first-order chi connectivity index (χ1) is 11.2. The minimum absolute atomic E-state index is 0.285. The van der Waals surface area contributed by atoms with Gasteiger partial charge in [0, 0.05) is 12.6 Å². The second-order valence-electron chi connectivity index (χ2n) is 4.90. The number of furan rings is 1. The van der Waals surface area contributed by atoms with Crippen LogP contribution in [-0.2, 0) is 20.7 Å². The molecule has 0 radical (unpaired) electrons. The van der Waals surface area contributed by atoms with E-state index in [9.17, 15) is 9.59 Å². The molecule has 0 saturated heterocycles. The highest BCUT2D eigenvalue weighted by Gasteiger charge is 2.04. The van der Waals surface area contributed by atoms with Crippen LogP contribution in [0.2, 0.25) is 0 Å². The Morgan fingerprint density at radius 3 is 2.70 bits per heavy atom. The van der Waals surface area contributed by atoms with E-state index >= 15 is 0 Å². The van der Waals surface area contributed by atoms with Crippen LogP contribution in [0.3, 0.4) is 0 Å². The molecule has 1 aromatic heterocycles. The van der Waals surface area contributed by atoms with Gasteiger partial charge in [-0.25, -0.2) is 4.79 Å². The van der Waals surface area contributed by atoms with Gasteiger partial charge < -0.3 is 14.5 Å². The van der Waals surface area contributed by atoms with Crippen molar-refractivity contribution in [2.24, 2.45) is 0 Å². The first-order valence-corrected chi connectivity index (χ1v) is 7.43. The van der Waals surface area contributed by atoms with Gasteiger partial charge in [0.15, 0.2) is 6.61 Å². The zero-order valence-electron chi connectivity index (χ0n) is 12.7. The second kappa shape index (κ2) is 9.25. The van der Waals surface area contributed by atoms with Crippen molar-refractivity contribution in [1.29, 1.82) is 0 Å². The van der Waals surface area contributed by atoms with Gasteiger partial charge in [-0.2, -0.15) is 0 Å². The van der Waals surface area contributed by atoms with Gasteiger partial charge in [-0.3, -0.25) is 4.79 Å². The van der Waals surface area contributed by atoms with Gasteiger partial charge in [-0.1, -0.05) is 30.3 Å². The van der Waals surface area contributed by atoms with Crippen molar-refractivity contribution in [3.8, 4) is 0 Å². The lowest BCUT2D eigenvalue weighted by molar-refractivity contribution is -0.143. The average molecular weight is 313 g/mol. The fraction of sp³-hybridized carbons (Fsp3) is 0.222. The van der Waals surface area contributed by atoms with Gasteiger partial charge in [0.2, 0.25) is 0 Å². The summed E-state index contributed by atoms with van der Waals surface area (Å²) in [6.07, 6.45) is 5.95. The lowest BCUT2D eigenvalue weighted by atomic mass is 10.1. The molecule has 23 heavy (non-hydrogen) atoms. The average Bonchev–Trinajstić information content (AvgIpc) is 3.09. The highest BCUT2D eigenvalue weighted by molar-refractivity contribution is 5.88. The Kier molecular flexibility index (Phi) is 6.65. The van der Waals surface area contributed by atoms with Crippen LogP contribution in [0.25, 0.3) is 6.08 Å². The van der Waals surface area contributed by atoms with E-state index in [4.69, 9.17) is 9.15 Å². The molecule has 0 fully saturated rings. The van der Waals surface area contributed by atoms with Gasteiger partial charge in [-0.15, -0.1) is 0 Å². The van der Waals surface area contributed by atoms with Crippen molar-refractivity contribution >= 4 is 18.0 Å². The number of benzene rings is 1. The summed E-state index contributed by atoms with van der Waals surface area (Å²) in [5.41, 5.74) is 1.23. The molecule has 0 spiro atoms. The third-order valence-electron chi connectivity index (χ3n) is 3.08. The normalized spacial score (nSPS) is 10.6. The SMILES string of the molecule is O=C(COC(=O)/C=C/c1ccco1)NCCCc1ccccc1. The van der Waals surface area contributed by atoms with Gasteiger partial charge in [0.25, 0.3) is 5.91 Å². The number of esters is 1. The largest absolute Gasteiger partial charge is 0.465 e. The van der Waals surface area contributed by atoms with E-state index in [1.807, 2.05) is 18.2 Å². The van der Waals surface area contributed by atoms with Gasteiger partial charge >= 0.3 is 5.97 Å². The molecule has 1 aromatic carbocycles. The smallest absolute Gasteiger partial charge is 0.331 e. The lowest BCUT2D eigenvalue weighted by Crippen LogP contribution is -2.29. The molecule has 0 saturated carbocycles. The molecule has 120 valence electrons. The molecular formula is C18H19NO4. The lowest BCUT2D eigenvalue weighted by Gasteiger charge is -2.05. The van der Waals surface area contributed by atoms with E-state index in [0.717, 1.165) is 12.8 Å². The predicted octanol–water partition coefficient (Wildman–Crippen LogP) is 2.59. The molecular weight excluding hydrogens is 294 g/mol. The van der Waals surface area contributed by atoms with Crippen LogP contribution in [0, 0.1) is 0 Å². The maximum absolute atomic E-state index is 11.6. The molecule has 1 heterocycles. The first kappa shape index (κ1) is 16.5. The number of hydrogen-bond acceptors (Lipinski definition) is 4. The molecule has 2 rings (SSSR count). The highest BCUT2D eigenvalue weighted by Crippen LogP contribution is 2.02. The molecule has 0 aliphatic carbocycles. The highest BCUT2D eigenvalue weighted by atomic mass is 16.5. The van der Waals surface area contributed by atoms with E-state index in [2.05, 4.69) is 17.4 Å². The Bertz CT molecular complexity index is 632. The summed E-state index contributed by atoms with van der Waals surface area (Å²) in [5, 5.41) is 2.72. The fourth-order valence-corrected chi connectivity index (χ4v) is 1.94. The van der Waals surface area contributed by atoms with Gasteiger partial charge in [0.1, 0.15) is 5.76 Å². The van der Waals surface area contributed by atoms with Crippen LogP contribution in [0.5, 0.6) is 0 Å². The standard InChI is InChI=1S/C18H19NO4/c20-17(19-12-4-8-15-6-2-1-3-7-15)14-23-18(21)11-10-16-9-5-13-22-16/h1-3,5-7,9-11,13H,4,8,12,14H2,(H,19,20)/b11-10+. The molecule has 0 atom stereocenters. The Labute approximate surface area is 134 Å². The van der Waals surface area contributed by atoms with E-state index in [1.54, 1.807) is 12.1 Å². The van der Waals surface area contributed by atoms with Crippen LogP contribution in [0.15, 0.2) is 59.2 Å². The molecule has 5 heteroatoms. The monoisotopic (exact) mass is 313 g/mol. The quantitative estimate of drug-likeness (QED) is 0.462. The zero-order valence-corrected chi connectivity index (χ0v) is 12.7. The van der Waals surface area contributed by atoms with E-state index in [0.29, 0.717) is 12.3 Å². The molecule has 0 unspecified atom stereocenters. The van der Waals surface area contributed by atoms with Crippen molar-refractivity contribution in [3.63, 3.8) is 0 Å². The number of nitrogens with one attached hydrogen (secondary N) is 1.